The number of hydrogen-bond acceptors (Lipinski definition) is 10. The van der Waals surface area contributed by atoms with Gasteiger partial charge in [-0.3, -0.25) is 10.1 Å². The summed E-state index contributed by atoms with van der Waals surface area (Å²) in [7, 11) is 0. The lowest BCUT2D eigenvalue weighted by atomic mass is 10.1. The number of aromatic nitrogens is 3. The van der Waals surface area contributed by atoms with Gasteiger partial charge in [-0.05, 0) is 50.2 Å². The molecule has 0 amide bonds. The summed E-state index contributed by atoms with van der Waals surface area (Å²) in [5.41, 5.74) is 4.44. The molecule has 0 saturated heterocycles. The van der Waals surface area contributed by atoms with Gasteiger partial charge in [0.2, 0.25) is 17.8 Å². The molecule has 0 unspecified atom stereocenters. The molecule has 2 aromatic heterocycles. The second kappa shape index (κ2) is 10.9. The van der Waals surface area contributed by atoms with Crippen LogP contribution in [0, 0.1) is 10.1 Å². The Morgan fingerprint density at radius 2 is 1.69 bits per heavy atom. The number of furan rings is 1. The molecule has 0 aliphatic carbocycles. The Morgan fingerprint density at radius 1 is 0.971 bits per heavy atom. The summed E-state index contributed by atoms with van der Waals surface area (Å²) in [4.78, 5) is 25.8. The normalized spacial score (nSPS) is 10.9. The number of nitrogens with one attached hydrogen (secondary N) is 2. The lowest BCUT2D eigenvalue weighted by Gasteiger charge is -2.19. The largest absolute Gasteiger partial charge is 0.455 e. The van der Waals surface area contributed by atoms with Crippen LogP contribution in [0.3, 0.4) is 0 Å². The third-order valence-corrected chi connectivity index (χ3v) is 5.05. The van der Waals surface area contributed by atoms with E-state index in [4.69, 9.17) is 4.42 Å². The molecule has 0 atom stereocenters. The van der Waals surface area contributed by atoms with Gasteiger partial charge in [-0.1, -0.05) is 18.2 Å². The van der Waals surface area contributed by atoms with Crippen molar-refractivity contribution in [1.82, 2.24) is 15.0 Å². The summed E-state index contributed by atoms with van der Waals surface area (Å²) in [5, 5.41) is 18.2. The van der Waals surface area contributed by atoms with Gasteiger partial charge in [0.15, 0.2) is 0 Å². The van der Waals surface area contributed by atoms with E-state index in [0.717, 1.165) is 24.3 Å². The number of non-ortho nitro benzene ring substituents is 1. The number of para-hydroxylation sites is 1. The highest BCUT2D eigenvalue weighted by molar-refractivity contribution is 5.78. The molecule has 0 saturated carbocycles. The van der Waals surface area contributed by atoms with Gasteiger partial charge in [-0.2, -0.15) is 20.1 Å². The Balaban J connectivity index is 1.50. The van der Waals surface area contributed by atoms with Gasteiger partial charge in [0.05, 0.1) is 11.1 Å². The molecule has 178 valence electrons. The zero-order valence-corrected chi connectivity index (χ0v) is 19.3. The van der Waals surface area contributed by atoms with E-state index in [1.54, 1.807) is 24.3 Å². The van der Waals surface area contributed by atoms with Crippen LogP contribution in [0.15, 0.2) is 76.2 Å². The van der Waals surface area contributed by atoms with Crippen molar-refractivity contribution in [3.63, 3.8) is 0 Å². The molecular weight excluding hydrogens is 448 g/mol. The average molecular weight is 473 g/mol. The Kier molecular flexibility index (Phi) is 7.26. The van der Waals surface area contributed by atoms with E-state index in [-0.39, 0.29) is 11.6 Å². The summed E-state index contributed by atoms with van der Waals surface area (Å²) in [5.74, 6) is 2.26. The predicted octanol–water partition coefficient (Wildman–Crippen LogP) is 5.08. The minimum atomic E-state index is -0.441. The fourth-order valence-electron chi connectivity index (χ4n) is 3.25. The molecule has 4 rings (SSSR count). The van der Waals surface area contributed by atoms with E-state index >= 15 is 0 Å². The van der Waals surface area contributed by atoms with Crippen molar-refractivity contribution in [1.29, 1.82) is 0 Å². The van der Waals surface area contributed by atoms with Crippen LogP contribution < -0.4 is 15.6 Å². The van der Waals surface area contributed by atoms with Gasteiger partial charge in [0.1, 0.15) is 11.5 Å². The maximum Gasteiger partial charge on any atom is 0.269 e. The summed E-state index contributed by atoms with van der Waals surface area (Å²) >= 11 is 0. The molecule has 0 bridgehead atoms. The van der Waals surface area contributed by atoms with E-state index in [1.807, 2.05) is 49.1 Å². The van der Waals surface area contributed by atoms with Crippen molar-refractivity contribution in [2.24, 2.45) is 5.10 Å². The van der Waals surface area contributed by atoms with Gasteiger partial charge in [-0.25, -0.2) is 5.43 Å². The number of nitro groups is 1. The van der Waals surface area contributed by atoms with Crippen LogP contribution >= 0.6 is 0 Å². The van der Waals surface area contributed by atoms with Crippen LogP contribution in [0.25, 0.3) is 11.3 Å². The predicted molar refractivity (Wildman–Crippen MR) is 135 cm³/mol. The Labute approximate surface area is 201 Å². The molecule has 2 aromatic carbocycles. The molecule has 35 heavy (non-hydrogen) atoms. The van der Waals surface area contributed by atoms with E-state index in [9.17, 15) is 10.1 Å². The van der Waals surface area contributed by atoms with Gasteiger partial charge in [0, 0.05) is 36.5 Å². The fraction of sp³-hybridized carbons (Fsp3) is 0.167. The average Bonchev–Trinajstić information content (AvgIpc) is 3.34. The van der Waals surface area contributed by atoms with Crippen molar-refractivity contribution in [3.05, 3.63) is 82.6 Å². The summed E-state index contributed by atoms with van der Waals surface area (Å²) < 4.78 is 5.77. The van der Waals surface area contributed by atoms with Crippen LogP contribution in [-0.2, 0) is 0 Å². The lowest BCUT2D eigenvalue weighted by molar-refractivity contribution is -0.384. The third kappa shape index (κ3) is 5.96. The first-order valence-corrected chi connectivity index (χ1v) is 11.0. The molecule has 0 fully saturated rings. The first-order chi connectivity index (χ1) is 17.1. The number of nitro benzene ring substituents is 1. The minimum Gasteiger partial charge on any atom is -0.455 e. The van der Waals surface area contributed by atoms with Crippen LogP contribution in [0.2, 0.25) is 0 Å². The van der Waals surface area contributed by atoms with Gasteiger partial charge >= 0.3 is 0 Å². The Morgan fingerprint density at radius 3 is 2.37 bits per heavy atom. The topological polar surface area (TPSA) is 135 Å². The molecule has 0 spiro atoms. The zero-order chi connectivity index (χ0) is 24.6. The highest BCUT2D eigenvalue weighted by Gasteiger charge is 2.12. The summed E-state index contributed by atoms with van der Waals surface area (Å²) in [6.07, 6.45) is 1.50. The second-order valence-electron chi connectivity index (χ2n) is 7.32. The molecule has 2 heterocycles. The minimum absolute atomic E-state index is 0.0221. The Bertz CT molecular complexity index is 1300. The van der Waals surface area contributed by atoms with Crippen LogP contribution in [0.4, 0.5) is 29.2 Å². The van der Waals surface area contributed by atoms with Gasteiger partial charge in [0.25, 0.3) is 5.69 Å². The van der Waals surface area contributed by atoms with E-state index in [1.165, 1.54) is 18.3 Å². The molecule has 11 heteroatoms. The molecule has 0 aliphatic heterocycles. The SMILES string of the molecule is CCN(CC)c1nc(NN=Cc2ccc(-c3ccc([N+](=O)[O-])cc3)o2)nc(Nc2ccccc2)n1. The number of anilines is 4. The molecule has 0 aliphatic rings. The molecule has 2 N–H and O–H groups in total. The molecule has 0 radical (unpaired) electrons. The molecular formula is C24H24N8O3. The second-order valence-corrected chi connectivity index (χ2v) is 7.32. The first kappa shape index (κ1) is 23.4. The smallest absolute Gasteiger partial charge is 0.269 e. The van der Waals surface area contributed by atoms with Crippen LogP contribution in [0.1, 0.15) is 19.6 Å². The van der Waals surface area contributed by atoms with E-state index in [2.05, 4.69) is 30.8 Å². The number of nitrogens with zero attached hydrogens (tertiary/aromatic N) is 6. The summed E-state index contributed by atoms with van der Waals surface area (Å²) in [6, 6.07) is 19.3. The maximum absolute atomic E-state index is 10.8. The highest BCUT2D eigenvalue weighted by Crippen LogP contribution is 2.24. The maximum atomic E-state index is 10.8. The number of hydrogen-bond donors (Lipinski definition) is 2. The van der Waals surface area contributed by atoms with Gasteiger partial charge in [-0.15, -0.1) is 0 Å². The Hall–Kier alpha value is -4.80. The number of benzene rings is 2. The van der Waals surface area contributed by atoms with Crippen LogP contribution in [-0.4, -0.2) is 39.2 Å². The van der Waals surface area contributed by atoms with Crippen molar-refractivity contribution in [3.8, 4) is 11.3 Å². The monoisotopic (exact) mass is 472 g/mol. The lowest BCUT2D eigenvalue weighted by Crippen LogP contribution is -2.25. The van der Waals surface area contributed by atoms with Crippen molar-refractivity contribution < 1.29 is 9.34 Å². The molecule has 11 nitrogen and oxygen atoms in total. The number of hydrazone groups is 1. The van der Waals surface area contributed by atoms with Crippen molar-refractivity contribution >= 4 is 35.4 Å². The standard InChI is InChI=1S/C24H24N8O3/c1-3-31(4-2)24-28-22(26-18-8-6-5-7-9-18)27-23(29-24)30-25-16-20-14-15-21(35-20)17-10-12-19(13-11-17)32(33)34/h5-16H,3-4H2,1-2H3,(H2,26,27,28,29,30). The van der Waals surface area contributed by atoms with Crippen molar-refractivity contribution in [2.75, 3.05) is 28.7 Å². The first-order valence-electron chi connectivity index (χ1n) is 11.0. The quantitative estimate of drug-likeness (QED) is 0.184. The zero-order valence-electron chi connectivity index (χ0n) is 19.3. The molecule has 4 aromatic rings. The van der Waals surface area contributed by atoms with Crippen molar-refractivity contribution in [2.45, 2.75) is 13.8 Å². The van der Waals surface area contributed by atoms with Crippen LogP contribution in [0.5, 0.6) is 0 Å². The number of rotatable bonds is 10. The third-order valence-electron chi connectivity index (χ3n) is 5.05. The fourth-order valence-corrected chi connectivity index (χ4v) is 3.25. The summed E-state index contributed by atoms with van der Waals surface area (Å²) in [6.45, 7) is 5.54. The highest BCUT2D eigenvalue weighted by atomic mass is 16.6. The van der Waals surface area contributed by atoms with Gasteiger partial charge < -0.3 is 14.6 Å². The van der Waals surface area contributed by atoms with E-state index in [0.29, 0.717) is 23.4 Å². The van der Waals surface area contributed by atoms with E-state index < -0.39 is 4.92 Å².